The first kappa shape index (κ1) is 27.1. The Labute approximate surface area is 237 Å². The van der Waals surface area contributed by atoms with Crippen molar-refractivity contribution < 1.29 is 23.1 Å². The van der Waals surface area contributed by atoms with Crippen LogP contribution in [0.25, 0.3) is 11.3 Å². The molecular weight excluding hydrogens is 561 g/mol. The summed E-state index contributed by atoms with van der Waals surface area (Å²) in [6.45, 7) is 2.84. The van der Waals surface area contributed by atoms with E-state index in [0.29, 0.717) is 23.5 Å². The first-order chi connectivity index (χ1) is 19.7. The number of carbonyl (C=O) groups excluding carboxylic acids is 1. The molecule has 1 aromatic carbocycles. The van der Waals surface area contributed by atoms with Crippen LogP contribution in [0.2, 0.25) is 5.02 Å². The predicted molar refractivity (Wildman–Crippen MR) is 143 cm³/mol. The lowest BCUT2D eigenvalue weighted by molar-refractivity contribution is 0.102. The molecule has 4 aromatic rings. The van der Waals surface area contributed by atoms with Crippen molar-refractivity contribution in [3.8, 4) is 11.3 Å². The maximum absolute atomic E-state index is 14.7. The molecule has 4 unspecified atom stereocenters. The maximum Gasteiger partial charge on any atom is 0.275 e. The standard InChI is InChI=1S/C27H24ClF3N8O2/c1-13-18-4-14(18)10-38(13)27-33-5-15(6-34-27)22(12-40)39-11-16(7-35-39)36-26(41)21-9-32-8-20(37-21)23-17(25(30)31)2-3-19(28)24(23)29/h2-3,5-9,11,13-14,18,22,25,40H,4,10,12H2,1H3,(H,36,41). The van der Waals surface area contributed by atoms with Gasteiger partial charge in [0.2, 0.25) is 5.95 Å². The molecule has 212 valence electrons. The SMILES string of the molecule is CC1C2CC2CN1c1ncc(C(CO)n2cc(NC(=O)c3cncc(-c4c(C(F)F)ccc(Cl)c4F)n3)cn2)cn1. The number of amides is 1. The van der Waals surface area contributed by atoms with Crippen LogP contribution in [0.5, 0.6) is 0 Å². The molecule has 6 rings (SSSR count). The average Bonchev–Trinajstić information content (AvgIpc) is 3.48. The minimum atomic E-state index is -3.00. The Hall–Kier alpha value is -4.10. The second-order valence-corrected chi connectivity index (χ2v) is 10.6. The highest BCUT2D eigenvalue weighted by atomic mass is 35.5. The second-order valence-electron chi connectivity index (χ2n) is 10.1. The Kier molecular flexibility index (Phi) is 7.08. The number of nitrogens with one attached hydrogen (secondary N) is 1. The zero-order valence-corrected chi connectivity index (χ0v) is 22.4. The number of aliphatic hydroxyl groups excluding tert-OH is 1. The zero-order valence-electron chi connectivity index (χ0n) is 21.6. The molecule has 1 aliphatic heterocycles. The van der Waals surface area contributed by atoms with Crippen LogP contribution in [0, 0.1) is 17.7 Å². The first-order valence-corrected chi connectivity index (χ1v) is 13.3. The van der Waals surface area contributed by atoms with Crippen LogP contribution in [-0.2, 0) is 0 Å². The third kappa shape index (κ3) is 5.10. The molecule has 2 fully saturated rings. The van der Waals surface area contributed by atoms with Crippen LogP contribution < -0.4 is 10.2 Å². The van der Waals surface area contributed by atoms with E-state index in [9.17, 15) is 23.1 Å². The van der Waals surface area contributed by atoms with Gasteiger partial charge >= 0.3 is 0 Å². The fraction of sp³-hybridized carbons (Fsp3) is 0.333. The lowest BCUT2D eigenvalue weighted by atomic mass is 10.0. The van der Waals surface area contributed by atoms with Crippen molar-refractivity contribution in [1.82, 2.24) is 29.7 Å². The van der Waals surface area contributed by atoms with Crippen molar-refractivity contribution in [3.63, 3.8) is 0 Å². The van der Waals surface area contributed by atoms with E-state index in [2.05, 4.69) is 42.2 Å². The summed E-state index contributed by atoms with van der Waals surface area (Å²) in [5.74, 6) is 0.267. The number of nitrogens with zero attached hydrogens (tertiary/aromatic N) is 7. The van der Waals surface area contributed by atoms with Gasteiger partial charge in [-0.1, -0.05) is 17.7 Å². The summed E-state index contributed by atoms with van der Waals surface area (Å²) in [7, 11) is 0. The molecule has 14 heteroatoms. The van der Waals surface area contributed by atoms with Gasteiger partial charge < -0.3 is 15.3 Å². The molecule has 0 radical (unpaired) electrons. The van der Waals surface area contributed by atoms with Crippen molar-refractivity contribution in [2.24, 2.45) is 11.8 Å². The van der Waals surface area contributed by atoms with Crippen LogP contribution in [-0.4, -0.2) is 59.9 Å². The van der Waals surface area contributed by atoms with Gasteiger partial charge in [0, 0.05) is 47.9 Å². The number of benzene rings is 1. The Morgan fingerprint density at radius 2 is 1.98 bits per heavy atom. The highest BCUT2D eigenvalue weighted by Gasteiger charge is 2.51. The van der Waals surface area contributed by atoms with E-state index in [4.69, 9.17) is 11.6 Å². The molecule has 4 atom stereocenters. The summed E-state index contributed by atoms with van der Waals surface area (Å²) in [6.07, 6.45) is 6.64. The first-order valence-electron chi connectivity index (χ1n) is 12.9. The highest BCUT2D eigenvalue weighted by molar-refractivity contribution is 6.31. The van der Waals surface area contributed by atoms with Crippen LogP contribution in [0.4, 0.5) is 24.8 Å². The second kappa shape index (κ2) is 10.7. The van der Waals surface area contributed by atoms with Crippen molar-refractivity contribution in [2.45, 2.75) is 31.9 Å². The number of carbonyl (C=O) groups is 1. The topological polar surface area (TPSA) is 122 Å². The molecule has 3 aromatic heterocycles. The minimum absolute atomic E-state index is 0.244. The molecular formula is C27H24ClF3N8O2. The Morgan fingerprint density at radius 1 is 1.20 bits per heavy atom. The van der Waals surface area contributed by atoms with E-state index in [0.717, 1.165) is 37.0 Å². The monoisotopic (exact) mass is 584 g/mol. The fourth-order valence-corrected chi connectivity index (χ4v) is 5.51. The van der Waals surface area contributed by atoms with Gasteiger partial charge in [-0.25, -0.2) is 28.1 Å². The maximum atomic E-state index is 14.7. The van der Waals surface area contributed by atoms with Gasteiger partial charge in [-0.2, -0.15) is 5.10 Å². The number of alkyl halides is 2. The van der Waals surface area contributed by atoms with E-state index < -0.39 is 35.3 Å². The average molecular weight is 585 g/mol. The molecule has 2 N–H and O–H groups in total. The highest BCUT2D eigenvalue weighted by Crippen LogP contribution is 2.50. The molecule has 41 heavy (non-hydrogen) atoms. The van der Waals surface area contributed by atoms with Gasteiger partial charge in [0.05, 0.1) is 41.6 Å². The van der Waals surface area contributed by atoms with Gasteiger partial charge in [0.1, 0.15) is 11.7 Å². The number of aromatic nitrogens is 6. The quantitative estimate of drug-likeness (QED) is 0.310. The number of aliphatic hydroxyl groups is 1. The molecule has 1 saturated heterocycles. The van der Waals surface area contributed by atoms with Gasteiger partial charge in [0.15, 0.2) is 5.82 Å². The van der Waals surface area contributed by atoms with Gasteiger partial charge in [-0.05, 0) is 31.2 Å². The fourth-order valence-electron chi connectivity index (χ4n) is 5.35. The number of halogens is 4. The Bertz CT molecular complexity index is 1600. The summed E-state index contributed by atoms with van der Waals surface area (Å²) in [4.78, 5) is 32.1. The third-order valence-electron chi connectivity index (χ3n) is 7.66. The lowest BCUT2D eigenvalue weighted by Gasteiger charge is -2.24. The number of fused-ring (bicyclic) bond motifs is 1. The van der Waals surface area contributed by atoms with E-state index in [1.807, 2.05) is 0 Å². The molecule has 1 amide bonds. The largest absolute Gasteiger partial charge is 0.394 e. The van der Waals surface area contributed by atoms with Gasteiger partial charge in [-0.3, -0.25) is 14.5 Å². The molecule has 0 bridgehead atoms. The number of hydrogen-bond donors (Lipinski definition) is 2. The molecule has 4 heterocycles. The molecule has 0 spiro atoms. The normalized spacial score (nSPS) is 20.3. The smallest absolute Gasteiger partial charge is 0.275 e. The summed E-state index contributed by atoms with van der Waals surface area (Å²) in [6, 6.07) is 1.82. The molecule has 2 aliphatic rings. The third-order valence-corrected chi connectivity index (χ3v) is 7.95. The van der Waals surface area contributed by atoms with Crippen molar-refractivity contribution in [2.75, 3.05) is 23.4 Å². The number of piperidine rings is 1. The van der Waals surface area contributed by atoms with E-state index >= 15 is 0 Å². The number of anilines is 2. The summed E-state index contributed by atoms with van der Waals surface area (Å²) in [5.41, 5.74) is -0.771. The van der Waals surface area contributed by atoms with Crippen LogP contribution in [0.3, 0.4) is 0 Å². The molecule has 1 saturated carbocycles. The lowest BCUT2D eigenvalue weighted by Crippen LogP contribution is -2.32. The van der Waals surface area contributed by atoms with Crippen molar-refractivity contribution in [3.05, 3.63) is 77.0 Å². The number of rotatable bonds is 8. The Balaban J connectivity index is 1.18. The Morgan fingerprint density at radius 3 is 2.66 bits per heavy atom. The van der Waals surface area contributed by atoms with Crippen molar-refractivity contribution >= 4 is 29.1 Å². The molecule has 1 aliphatic carbocycles. The minimum Gasteiger partial charge on any atom is -0.394 e. The van der Waals surface area contributed by atoms with Crippen LogP contribution >= 0.6 is 11.6 Å². The zero-order chi connectivity index (χ0) is 28.8. The van der Waals surface area contributed by atoms with E-state index in [-0.39, 0.29) is 28.7 Å². The van der Waals surface area contributed by atoms with E-state index in [1.54, 1.807) is 12.4 Å². The predicted octanol–water partition coefficient (Wildman–Crippen LogP) is 4.54. The van der Waals surface area contributed by atoms with Crippen molar-refractivity contribution in [1.29, 1.82) is 0 Å². The summed E-state index contributed by atoms with van der Waals surface area (Å²) >= 11 is 5.80. The van der Waals surface area contributed by atoms with Gasteiger partial charge in [-0.15, -0.1) is 0 Å². The number of hydrogen-bond acceptors (Lipinski definition) is 8. The van der Waals surface area contributed by atoms with E-state index in [1.165, 1.54) is 23.5 Å². The van der Waals surface area contributed by atoms with Crippen LogP contribution in [0.1, 0.15) is 47.4 Å². The van der Waals surface area contributed by atoms with Gasteiger partial charge in [0.25, 0.3) is 12.3 Å². The summed E-state index contributed by atoms with van der Waals surface area (Å²) in [5, 5.41) is 16.6. The summed E-state index contributed by atoms with van der Waals surface area (Å²) < 4.78 is 43.2. The van der Waals surface area contributed by atoms with Crippen LogP contribution in [0.15, 0.2) is 49.3 Å². The molecule has 10 nitrogen and oxygen atoms in total.